The van der Waals surface area contributed by atoms with E-state index in [2.05, 4.69) is 20.3 Å². The first-order valence-electron chi connectivity index (χ1n) is 7.29. The molecule has 7 heteroatoms. The Balaban J connectivity index is 1.61. The maximum atomic E-state index is 6.16. The zero-order chi connectivity index (χ0) is 16.4. The average Bonchev–Trinajstić information content (AvgIpc) is 3.31. The molecule has 0 saturated carbocycles. The lowest BCUT2D eigenvalue weighted by Crippen LogP contribution is -2.01. The summed E-state index contributed by atoms with van der Waals surface area (Å²) in [4.78, 5) is 12.5. The summed E-state index contributed by atoms with van der Waals surface area (Å²) < 4.78 is 6.91. The van der Waals surface area contributed by atoms with Crippen LogP contribution in [0.2, 0.25) is 0 Å². The fraction of sp³-hybridized carbons (Fsp3) is 0. The minimum atomic E-state index is 0.622. The third-order valence-corrected chi connectivity index (χ3v) is 3.59. The predicted octanol–water partition coefficient (Wildman–Crippen LogP) is 3.25. The van der Waals surface area contributed by atoms with Crippen molar-refractivity contribution in [1.82, 2.24) is 19.5 Å². The molecule has 0 aliphatic rings. The molecule has 4 aromatic rings. The SMILES string of the molecule is Nc1cc(-c2ccoc2)ccc1Nc1cc(-n2ccnc2)ncn1. The van der Waals surface area contributed by atoms with E-state index in [-0.39, 0.29) is 0 Å². The summed E-state index contributed by atoms with van der Waals surface area (Å²) >= 11 is 0. The van der Waals surface area contributed by atoms with Gasteiger partial charge in [-0.1, -0.05) is 6.07 Å². The van der Waals surface area contributed by atoms with E-state index in [1.165, 1.54) is 6.33 Å². The van der Waals surface area contributed by atoms with Gasteiger partial charge in [0.05, 0.1) is 23.9 Å². The van der Waals surface area contributed by atoms with Gasteiger partial charge in [-0.2, -0.15) is 0 Å². The van der Waals surface area contributed by atoms with Crippen LogP contribution in [0.3, 0.4) is 0 Å². The van der Waals surface area contributed by atoms with E-state index in [9.17, 15) is 0 Å². The Kier molecular flexibility index (Phi) is 3.43. The van der Waals surface area contributed by atoms with E-state index in [1.54, 1.807) is 29.6 Å². The van der Waals surface area contributed by atoms with Crippen LogP contribution in [0.1, 0.15) is 0 Å². The summed E-state index contributed by atoms with van der Waals surface area (Å²) in [7, 11) is 0. The van der Waals surface area contributed by atoms with Gasteiger partial charge in [0.15, 0.2) is 0 Å². The number of furan rings is 1. The minimum Gasteiger partial charge on any atom is -0.472 e. The van der Waals surface area contributed by atoms with Gasteiger partial charge in [-0.3, -0.25) is 4.57 Å². The first kappa shape index (κ1) is 14.0. The Hall–Kier alpha value is -3.61. The fourth-order valence-corrected chi connectivity index (χ4v) is 2.37. The quantitative estimate of drug-likeness (QED) is 0.561. The van der Waals surface area contributed by atoms with Gasteiger partial charge in [-0.05, 0) is 23.8 Å². The summed E-state index contributed by atoms with van der Waals surface area (Å²) in [5.41, 5.74) is 9.53. The van der Waals surface area contributed by atoms with Crippen LogP contribution in [0.5, 0.6) is 0 Å². The lowest BCUT2D eigenvalue weighted by molar-refractivity contribution is 0.568. The summed E-state index contributed by atoms with van der Waals surface area (Å²) in [5.74, 6) is 1.37. The van der Waals surface area contributed by atoms with Crippen molar-refractivity contribution in [3.05, 3.63) is 67.9 Å². The van der Waals surface area contributed by atoms with E-state index in [1.807, 2.05) is 36.5 Å². The van der Waals surface area contributed by atoms with Gasteiger partial charge in [-0.25, -0.2) is 15.0 Å². The first-order valence-corrected chi connectivity index (χ1v) is 7.29. The number of imidazole rings is 1. The average molecular weight is 318 g/mol. The molecule has 1 aromatic carbocycles. The Morgan fingerprint density at radius 1 is 1.08 bits per heavy atom. The van der Waals surface area contributed by atoms with Crippen molar-refractivity contribution >= 4 is 17.2 Å². The molecule has 24 heavy (non-hydrogen) atoms. The van der Waals surface area contributed by atoms with Gasteiger partial charge in [0.1, 0.15) is 24.3 Å². The lowest BCUT2D eigenvalue weighted by Gasteiger charge is -2.10. The third kappa shape index (κ3) is 2.70. The molecular formula is C17H14N6O. The second-order valence-electron chi connectivity index (χ2n) is 5.17. The van der Waals surface area contributed by atoms with Crippen molar-refractivity contribution < 1.29 is 4.42 Å². The van der Waals surface area contributed by atoms with E-state index in [4.69, 9.17) is 10.2 Å². The van der Waals surface area contributed by atoms with Crippen molar-refractivity contribution in [3.63, 3.8) is 0 Å². The molecule has 0 amide bonds. The standard InChI is InChI=1S/C17H14N6O/c18-14-7-12(13-3-6-24-9-13)1-2-15(14)22-16-8-17(21-10-20-16)23-5-4-19-11-23/h1-11H,18H2,(H,20,21,22). The maximum Gasteiger partial charge on any atom is 0.143 e. The van der Waals surface area contributed by atoms with Crippen molar-refractivity contribution in [2.75, 3.05) is 11.1 Å². The van der Waals surface area contributed by atoms with E-state index < -0.39 is 0 Å². The number of rotatable bonds is 4. The Labute approximate surface area is 137 Å². The van der Waals surface area contributed by atoms with Crippen LogP contribution < -0.4 is 11.1 Å². The molecule has 0 unspecified atom stereocenters. The van der Waals surface area contributed by atoms with Crippen molar-refractivity contribution in [2.24, 2.45) is 0 Å². The van der Waals surface area contributed by atoms with Crippen molar-refractivity contribution in [2.45, 2.75) is 0 Å². The second-order valence-corrected chi connectivity index (χ2v) is 5.17. The van der Waals surface area contributed by atoms with Crippen LogP contribution in [0.4, 0.5) is 17.2 Å². The molecule has 0 fully saturated rings. The first-order chi connectivity index (χ1) is 11.8. The normalized spacial score (nSPS) is 10.7. The largest absolute Gasteiger partial charge is 0.472 e. The number of nitrogen functional groups attached to an aromatic ring is 1. The van der Waals surface area contributed by atoms with Crippen LogP contribution in [0, 0.1) is 0 Å². The van der Waals surface area contributed by atoms with Crippen LogP contribution in [-0.4, -0.2) is 19.5 Å². The van der Waals surface area contributed by atoms with Gasteiger partial charge < -0.3 is 15.5 Å². The van der Waals surface area contributed by atoms with Gasteiger partial charge >= 0.3 is 0 Å². The summed E-state index contributed by atoms with van der Waals surface area (Å²) in [6.07, 6.45) is 10.0. The molecule has 118 valence electrons. The highest BCUT2D eigenvalue weighted by Gasteiger charge is 2.06. The van der Waals surface area contributed by atoms with Crippen LogP contribution in [0.15, 0.2) is 72.3 Å². The number of aromatic nitrogens is 4. The maximum absolute atomic E-state index is 6.16. The molecule has 0 atom stereocenters. The minimum absolute atomic E-state index is 0.622. The Morgan fingerprint density at radius 2 is 2.04 bits per heavy atom. The zero-order valence-corrected chi connectivity index (χ0v) is 12.6. The molecule has 3 N–H and O–H groups in total. The molecule has 4 rings (SSSR count). The summed E-state index contributed by atoms with van der Waals surface area (Å²) in [5, 5.41) is 3.21. The van der Waals surface area contributed by atoms with Crippen LogP contribution in [-0.2, 0) is 0 Å². The van der Waals surface area contributed by atoms with Gasteiger partial charge in [-0.15, -0.1) is 0 Å². The molecule has 0 saturated heterocycles. The van der Waals surface area contributed by atoms with E-state index in [0.29, 0.717) is 11.5 Å². The summed E-state index contributed by atoms with van der Waals surface area (Å²) in [6.45, 7) is 0. The monoisotopic (exact) mass is 318 g/mol. The van der Waals surface area contributed by atoms with Crippen molar-refractivity contribution in [1.29, 1.82) is 0 Å². The topological polar surface area (TPSA) is 94.8 Å². The zero-order valence-electron chi connectivity index (χ0n) is 12.6. The number of nitrogens with two attached hydrogens (primary N) is 1. The molecule has 0 aliphatic heterocycles. The number of benzene rings is 1. The Morgan fingerprint density at radius 3 is 2.79 bits per heavy atom. The van der Waals surface area contributed by atoms with E-state index in [0.717, 1.165) is 22.6 Å². The number of anilines is 3. The third-order valence-electron chi connectivity index (χ3n) is 3.59. The molecule has 3 heterocycles. The molecule has 3 aromatic heterocycles. The van der Waals surface area contributed by atoms with Gasteiger partial charge in [0, 0.05) is 24.0 Å². The molecular weight excluding hydrogens is 304 g/mol. The predicted molar refractivity (Wildman–Crippen MR) is 91.0 cm³/mol. The van der Waals surface area contributed by atoms with Crippen molar-refractivity contribution in [3.8, 4) is 16.9 Å². The van der Waals surface area contributed by atoms with Crippen LogP contribution in [0.25, 0.3) is 16.9 Å². The van der Waals surface area contributed by atoms with Gasteiger partial charge in [0.25, 0.3) is 0 Å². The molecule has 0 spiro atoms. The number of nitrogens with zero attached hydrogens (tertiary/aromatic N) is 4. The Bertz CT molecular complexity index is 947. The van der Waals surface area contributed by atoms with Crippen LogP contribution >= 0.6 is 0 Å². The number of hydrogen-bond donors (Lipinski definition) is 2. The second kappa shape index (κ2) is 5.88. The fourth-order valence-electron chi connectivity index (χ4n) is 2.37. The number of nitrogens with one attached hydrogen (secondary N) is 1. The van der Waals surface area contributed by atoms with Gasteiger partial charge in [0.2, 0.25) is 0 Å². The molecule has 0 bridgehead atoms. The smallest absolute Gasteiger partial charge is 0.143 e. The highest BCUT2D eigenvalue weighted by Crippen LogP contribution is 2.29. The molecule has 7 nitrogen and oxygen atoms in total. The molecule has 0 aliphatic carbocycles. The van der Waals surface area contributed by atoms with E-state index >= 15 is 0 Å². The highest BCUT2D eigenvalue weighted by molar-refractivity contribution is 5.78. The summed E-state index contributed by atoms with van der Waals surface area (Å²) in [6, 6.07) is 9.50. The number of hydrogen-bond acceptors (Lipinski definition) is 6. The molecule has 0 radical (unpaired) electrons. The lowest BCUT2D eigenvalue weighted by atomic mass is 10.1. The highest BCUT2D eigenvalue weighted by atomic mass is 16.3.